The summed E-state index contributed by atoms with van der Waals surface area (Å²) in [7, 11) is 0. The first-order valence-electron chi connectivity index (χ1n) is 3.38. The van der Waals surface area contributed by atoms with Crippen LogP contribution in [0.15, 0.2) is 17.3 Å². The molecule has 0 spiro atoms. The van der Waals surface area contributed by atoms with Crippen LogP contribution >= 0.6 is 0 Å². The molecule has 0 unspecified atom stereocenters. The highest BCUT2D eigenvalue weighted by atomic mass is 14.7. The van der Waals surface area contributed by atoms with Crippen molar-refractivity contribution >= 4 is 11.9 Å². The molecule has 0 aliphatic rings. The van der Waals surface area contributed by atoms with E-state index in [9.17, 15) is 0 Å². The van der Waals surface area contributed by atoms with Gasteiger partial charge in [-0.2, -0.15) is 0 Å². The summed E-state index contributed by atoms with van der Waals surface area (Å²) in [5.41, 5.74) is 0.480. The molecule has 2 heteroatoms. The lowest BCUT2D eigenvalue weighted by atomic mass is 10.2. The van der Waals surface area contributed by atoms with Gasteiger partial charge in [-0.1, -0.05) is 19.9 Å². The molecule has 0 aromatic rings. The molecule has 0 saturated heterocycles. The van der Waals surface area contributed by atoms with Gasteiger partial charge in [0, 0.05) is 18.1 Å². The second-order valence-corrected chi connectivity index (χ2v) is 2.55. The van der Waals surface area contributed by atoms with Gasteiger partial charge in [0.2, 0.25) is 0 Å². The molecule has 0 aliphatic carbocycles. The number of nitrogens with zero attached hydrogens (tertiary/aromatic N) is 1. The minimum absolute atomic E-state index is 0.480. The highest BCUT2D eigenvalue weighted by molar-refractivity contribution is 6.27. The summed E-state index contributed by atoms with van der Waals surface area (Å²) in [6, 6.07) is 0. The number of hydrogen-bond acceptors (Lipinski definition) is 2. The molecule has 0 aliphatic heterocycles. The van der Waals surface area contributed by atoms with E-state index in [0.29, 0.717) is 11.6 Å². The second-order valence-electron chi connectivity index (χ2n) is 2.55. The smallest absolute Gasteiger partial charge is 0.0472 e. The Morgan fingerprint density at radius 1 is 1.50 bits per heavy atom. The Balaban J connectivity index is 3.62. The Bertz CT molecular complexity index is 155. The van der Waals surface area contributed by atoms with E-state index in [2.05, 4.69) is 18.8 Å². The summed E-state index contributed by atoms with van der Waals surface area (Å²) in [5.74, 6) is 0.531. The van der Waals surface area contributed by atoms with Crippen LogP contribution in [0.2, 0.25) is 0 Å². The first-order chi connectivity index (χ1) is 4.63. The van der Waals surface area contributed by atoms with E-state index in [1.807, 2.05) is 6.08 Å². The summed E-state index contributed by atoms with van der Waals surface area (Å²) < 4.78 is 0. The monoisotopic (exact) mass is 138 g/mol. The van der Waals surface area contributed by atoms with Crippen LogP contribution < -0.4 is 0 Å². The molecule has 0 radical (unpaired) electrons. The third-order valence-corrected chi connectivity index (χ3v) is 0.825. The van der Waals surface area contributed by atoms with Crippen molar-refractivity contribution in [2.45, 2.75) is 20.8 Å². The molecular weight excluding hydrogens is 124 g/mol. The Morgan fingerprint density at radius 3 is 2.50 bits per heavy atom. The van der Waals surface area contributed by atoms with Crippen LogP contribution in [0, 0.1) is 11.3 Å². The normalized spacial score (nSPS) is 12.0. The minimum atomic E-state index is 0.480. The van der Waals surface area contributed by atoms with Gasteiger partial charge >= 0.3 is 0 Å². The minimum Gasteiger partial charge on any atom is -0.304 e. The fraction of sp³-hybridized carbons (Fsp3) is 0.500. The molecule has 0 aromatic carbocycles. The van der Waals surface area contributed by atoms with Crippen LogP contribution in [-0.4, -0.2) is 11.9 Å². The molecular formula is C8H14N2. The van der Waals surface area contributed by atoms with Gasteiger partial charge in [-0.3, -0.25) is 4.99 Å². The van der Waals surface area contributed by atoms with Gasteiger partial charge in [0.1, 0.15) is 0 Å². The van der Waals surface area contributed by atoms with E-state index < -0.39 is 0 Å². The first-order valence-corrected chi connectivity index (χ1v) is 3.38. The van der Waals surface area contributed by atoms with E-state index in [-0.39, 0.29) is 0 Å². The van der Waals surface area contributed by atoms with Crippen molar-refractivity contribution in [1.29, 1.82) is 5.41 Å². The van der Waals surface area contributed by atoms with Crippen LogP contribution in [-0.2, 0) is 0 Å². The lowest BCUT2D eigenvalue weighted by Crippen LogP contribution is -1.86. The van der Waals surface area contributed by atoms with Crippen molar-refractivity contribution < 1.29 is 0 Å². The Kier molecular flexibility index (Phi) is 4.46. The molecule has 0 aromatic heterocycles. The molecule has 0 amide bonds. The molecule has 1 N–H and O–H groups in total. The van der Waals surface area contributed by atoms with Crippen molar-refractivity contribution in [3.8, 4) is 0 Å². The van der Waals surface area contributed by atoms with Crippen molar-refractivity contribution in [2.75, 3.05) is 0 Å². The Labute approximate surface area is 62.2 Å². The molecule has 0 fully saturated rings. The zero-order valence-electron chi connectivity index (χ0n) is 6.76. The van der Waals surface area contributed by atoms with E-state index >= 15 is 0 Å². The molecule has 0 rings (SSSR count). The summed E-state index contributed by atoms with van der Waals surface area (Å²) in [6.07, 6.45) is 5.24. The second kappa shape index (κ2) is 4.91. The van der Waals surface area contributed by atoms with Gasteiger partial charge < -0.3 is 5.41 Å². The molecule has 0 saturated carbocycles. The maximum Gasteiger partial charge on any atom is 0.0472 e. The summed E-state index contributed by atoms with van der Waals surface area (Å²) in [6.45, 7) is 5.87. The number of nitrogens with one attached hydrogen (secondary N) is 1. The maximum absolute atomic E-state index is 7.00. The number of rotatable bonds is 3. The zero-order valence-corrected chi connectivity index (χ0v) is 6.76. The highest BCUT2D eigenvalue weighted by Gasteiger charge is 1.79. The standard InChI is InChI=1S/C8H14N2/c1-7(2)4-5-10-6-8(3)9/h4-7,9H,1-3H3/b5-4-,9-8?,10-6-. The number of hydrogen-bond donors (Lipinski definition) is 1. The maximum atomic E-state index is 7.00. The van der Waals surface area contributed by atoms with E-state index in [1.54, 1.807) is 13.1 Å². The predicted octanol–water partition coefficient (Wildman–Crippen LogP) is 2.27. The highest BCUT2D eigenvalue weighted by Crippen LogP contribution is 1.92. The van der Waals surface area contributed by atoms with Crippen molar-refractivity contribution in [3.63, 3.8) is 0 Å². The zero-order chi connectivity index (χ0) is 7.98. The quantitative estimate of drug-likeness (QED) is 0.581. The molecule has 0 heterocycles. The summed E-state index contributed by atoms with van der Waals surface area (Å²) in [5, 5.41) is 7.00. The summed E-state index contributed by atoms with van der Waals surface area (Å²) in [4.78, 5) is 3.88. The number of allylic oxidation sites excluding steroid dienone is 1. The van der Waals surface area contributed by atoms with E-state index in [0.717, 1.165) is 0 Å². The largest absolute Gasteiger partial charge is 0.304 e. The summed E-state index contributed by atoms with van der Waals surface area (Å²) >= 11 is 0. The van der Waals surface area contributed by atoms with Gasteiger partial charge in [-0.25, -0.2) is 0 Å². The predicted molar refractivity (Wildman–Crippen MR) is 45.9 cm³/mol. The van der Waals surface area contributed by atoms with E-state index in [4.69, 9.17) is 5.41 Å². The third-order valence-electron chi connectivity index (χ3n) is 0.825. The number of aliphatic imine (C=N–C) groups is 1. The van der Waals surface area contributed by atoms with Gasteiger partial charge in [0.05, 0.1) is 0 Å². The van der Waals surface area contributed by atoms with Gasteiger partial charge in [-0.05, 0) is 12.8 Å². The SMILES string of the molecule is CC(=N)/C=N\C=C/C(C)C. The molecule has 56 valence electrons. The van der Waals surface area contributed by atoms with Crippen molar-refractivity contribution in [1.82, 2.24) is 0 Å². The van der Waals surface area contributed by atoms with E-state index in [1.165, 1.54) is 6.21 Å². The molecule has 0 bridgehead atoms. The van der Waals surface area contributed by atoms with Crippen LogP contribution in [0.5, 0.6) is 0 Å². The Hall–Kier alpha value is -0.920. The van der Waals surface area contributed by atoms with Gasteiger partial charge in [-0.15, -0.1) is 0 Å². The fourth-order valence-corrected chi connectivity index (χ4v) is 0.377. The lowest BCUT2D eigenvalue weighted by molar-refractivity contribution is 0.829. The van der Waals surface area contributed by atoms with Crippen LogP contribution in [0.3, 0.4) is 0 Å². The third kappa shape index (κ3) is 7.08. The average molecular weight is 138 g/mol. The van der Waals surface area contributed by atoms with Gasteiger partial charge in [0.15, 0.2) is 0 Å². The van der Waals surface area contributed by atoms with Crippen molar-refractivity contribution in [2.24, 2.45) is 10.9 Å². The van der Waals surface area contributed by atoms with Crippen molar-refractivity contribution in [3.05, 3.63) is 12.3 Å². The lowest BCUT2D eigenvalue weighted by Gasteiger charge is -1.88. The topological polar surface area (TPSA) is 36.2 Å². The van der Waals surface area contributed by atoms with Crippen LogP contribution in [0.1, 0.15) is 20.8 Å². The van der Waals surface area contributed by atoms with Crippen LogP contribution in [0.25, 0.3) is 0 Å². The Morgan fingerprint density at radius 2 is 2.10 bits per heavy atom. The van der Waals surface area contributed by atoms with Gasteiger partial charge in [0.25, 0.3) is 0 Å². The van der Waals surface area contributed by atoms with Crippen LogP contribution in [0.4, 0.5) is 0 Å². The fourth-order valence-electron chi connectivity index (χ4n) is 0.377. The molecule has 2 nitrogen and oxygen atoms in total. The average Bonchev–Trinajstić information content (AvgIpc) is 1.79. The molecule has 10 heavy (non-hydrogen) atoms. The molecule has 0 atom stereocenters. The first kappa shape index (κ1) is 9.08.